The average Bonchev–Trinajstić information content (AvgIpc) is 3.25. The Labute approximate surface area is 124 Å². The molecule has 0 bridgehead atoms. The molecule has 1 saturated heterocycles. The highest BCUT2D eigenvalue weighted by atomic mass is 79.9. The van der Waals surface area contributed by atoms with Crippen LogP contribution < -0.4 is 5.32 Å². The zero-order chi connectivity index (χ0) is 13.1. The van der Waals surface area contributed by atoms with Crippen molar-refractivity contribution in [1.29, 1.82) is 0 Å². The van der Waals surface area contributed by atoms with E-state index >= 15 is 0 Å². The van der Waals surface area contributed by atoms with Crippen LogP contribution in [0.1, 0.15) is 31.2 Å². The van der Waals surface area contributed by atoms with Crippen LogP contribution in [0, 0.1) is 5.92 Å². The first-order valence-corrected chi connectivity index (χ1v) is 8.12. The number of hydrogen-bond donors (Lipinski definition) is 1. The van der Waals surface area contributed by atoms with Gasteiger partial charge < -0.3 is 10.1 Å². The Morgan fingerprint density at radius 2 is 1.84 bits per heavy atom. The van der Waals surface area contributed by atoms with Crippen LogP contribution in [0.2, 0.25) is 0 Å². The van der Waals surface area contributed by atoms with Crippen LogP contribution in [0.3, 0.4) is 0 Å². The fourth-order valence-corrected chi connectivity index (χ4v) is 3.23. The van der Waals surface area contributed by atoms with Crippen molar-refractivity contribution in [3.8, 4) is 0 Å². The van der Waals surface area contributed by atoms with Gasteiger partial charge in [-0.25, -0.2) is 0 Å². The number of ether oxygens (including phenoxy) is 1. The molecule has 0 atom stereocenters. The molecule has 0 radical (unpaired) electrons. The third-order valence-corrected chi connectivity index (χ3v) is 5.03. The SMILES string of the molecule is Brc1ccc(C2(CNCC3CC3)CCOCC2)cc1. The topological polar surface area (TPSA) is 21.3 Å². The van der Waals surface area contributed by atoms with Crippen molar-refractivity contribution in [3.63, 3.8) is 0 Å². The van der Waals surface area contributed by atoms with E-state index in [0.717, 1.165) is 43.0 Å². The predicted octanol–water partition coefficient (Wildman–Crippen LogP) is 3.50. The number of benzene rings is 1. The zero-order valence-electron chi connectivity index (χ0n) is 11.3. The summed E-state index contributed by atoms with van der Waals surface area (Å²) < 4.78 is 6.73. The Hall–Kier alpha value is -0.380. The van der Waals surface area contributed by atoms with Gasteiger partial charge in [-0.05, 0) is 55.8 Å². The van der Waals surface area contributed by atoms with Gasteiger partial charge in [0.15, 0.2) is 0 Å². The maximum Gasteiger partial charge on any atom is 0.0475 e. The molecule has 1 heterocycles. The molecule has 0 amide bonds. The highest BCUT2D eigenvalue weighted by molar-refractivity contribution is 9.10. The lowest BCUT2D eigenvalue weighted by Crippen LogP contribution is -2.43. The Morgan fingerprint density at radius 1 is 1.16 bits per heavy atom. The molecule has 19 heavy (non-hydrogen) atoms. The molecule has 2 nitrogen and oxygen atoms in total. The molecule has 0 spiro atoms. The monoisotopic (exact) mass is 323 g/mol. The van der Waals surface area contributed by atoms with Crippen molar-refractivity contribution < 1.29 is 4.74 Å². The van der Waals surface area contributed by atoms with Crippen molar-refractivity contribution in [1.82, 2.24) is 5.32 Å². The molecule has 3 heteroatoms. The molecule has 1 aliphatic heterocycles. The summed E-state index contributed by atoms with van der Waals surface area (Å²) in [7, 11) is 0. The molecular formula is C16H22BrNO. The Kier molecular flexibility index (Phi) is 4.25. The van der Waals surface area contributed by atoms with Crippen molar-refractivity contribution in [3.05, 3.63) is 34.3 Å². The van der Waals surface area contributed by atoms with Crippen molar-refractivity contribution in [2.75, 3.05) is 26.3 Å². The summed E-state index contributed by atoms with van der Waals surface area (Å²) in [6.45, 7) is 4.07. The molecule has 0 unspecified atom stereocenters. The van der Waals surface area contributed by atoms with E-state index in [1.165, 1.54) is 24.9 Å². The Bertz CT molecular complexity index is 407. The van der Waals surface area contributed by atoms with E-state index in [0.29, 0.717) is 0 Å². The fourth-order valence-electron chi connectivity index (χ4n) is 2.97. The number of halogens is 1. The summed E-state index contributed by atoms with van der Waals surface area (Å²) in [6, 6.07) is 8.86. The average molecular weight is 324 g/mol. The molecule has 2 aliphatic rings. The van der Waals surface area contributed by atoms with Crippen LogP contribution in [0.4, 0.5) is 0 Å². The van der Waals surface area contributed by atoms with Crippen molar-refractivity contribution in [2.45, 2.75) is 31.1 Å². The Morgan fingerprint density at radius 3 is 2.47 bits per heavy atom. The van der Waals surface area contributed by atoms with Crippen molar-refractivity contribution >= 4 is 15.9 Å². The first-order valence-electron chi connectivity index (χ1n) is 7.33. The first-order chi connectivity index (χ1) is 9.28. The van der Waals surface area contributed by atoms with Gasteiger partial charge >= 0.3 is 0 Å². The van der Waals surface area contributed by atoms with E-state index in [1.807, 2.05) is 0 Å². The van der Waals surface area contributed by atoms with Gasteiger partial charge in [0.05, 0.1) is 0 Å². The van der Waals surface area contributed by atoms with Gasteiger partial charge in [-0.2, -0.15) is 0 Å². The standard InChI is InChI=1S/C16H22BrNO/c17-15-5-3-14(4-6-15)16(7-9-19-10-8-16)12-18-11-13-1-2-13/h3-6,13,18H,1-2,7-12H2. The van der Waals surface area contributed by atoms with E-state index in [9.17, 15) is 0 Å². The zero-order valence-corrected chi connectivity index (χ0v) is 12.9. The van der Waals surface area contributed by atoms with Gasteiger partial charge in [0.2, 0.25) is 0 Å². The third-order valence-electron chi connectivity index (χ3n) is 4.50. The fraction of sp³-hybridized carbons (Fsp3) is 0.625. The summed E-state index contributed by atoms with van der Waals surface area (Å²) >= 11 is 3.53. The van der Waals surface area contributed by atoms with E-state index in [1.54, 1.807) is 0 Å². The minimum atomic E-state index is 0.272. The van der Waals surface area contributed by atoms with Gasteiger partial charge in [-0.1, -0.05) is 28.1 Å². The molecule has 1 aromatic carbocycles. The second-order valence-corrected chi connectivity index (χ2v) is 6.89. The third kappa shape index (κ3) is 3.39. The first kappa shape index (κ1) is 13.6. The number of hydrogen-bond acceptors (Lipinski definition) is 2. The maximum absolute atomic E-state index is 5.57. The summed E-state index contributed by atoms with van der Waals surface area (Å²) in [5.41, 5.74) is 1.73. The molecule has 3 rings (SSSR count). The second-order valence-electron chi connectivity index (χ2n) is 5.97. The second kappa shape index (κ2) is 5.94. The van der Waals surface area contributed by atoms with E-state index in [-0.39, 0.29) is 5.41 Å². The van der Waals surface area contributed by atoms with Gasteiger partial charge in [0.1, 0.15) is 0 Å². The van der Waals surface area contributed by atoms with E-state index in [2.05, 4.69) is 45.5 Å². The predicted molar refractivity (Wildman–Crippen MR) is 81.5 cm³/mol. The van der Waals surface area contributed by atoms with Crippen LogP contribution in [0.25, 0.3) is 0 Å². The molecule has 1 aliphatic carbocycles. The van der Waals surface area contributed by atoms with Crippen LogP contribution in [-0.2, 0) is 10.2 Å². The summed E-state index contributed by atoms with van der Waals surface area (Å²) in [6.07, 6.45) is 5.10. The number of rotatable bonds is 5. The van der Waals surface area contributed by atoms with Gasteiger partial charge in [0.25, 0.3) is 0 Å². The largest absolute Gasteiger partial charge is 0.381 e. The molecule has 1 saturated carbocycles. The lowest BCUT2D eigenvalue weighted by atomic mass is 9.74. The minimum absolute atomic E-state index is 0.272. The molecular weight excluding hydrogens is 302 g/mol. The van der Waals surface area contributed by atoms with Crippen LogP contribution >= 0.6 is 15.9 Å². The smallest absolute Gasteiger partial charge is 0.0475 e. The maximum atomic E-state index is 5.57. The molecule has 2 fully saturated rings. The van der Waals surface area contributed by atoms with Gasteiger partial charge in [0, 0.05) is 29.6 Å². The minimum Gasteiger partial charge on any atom is -0.381 e. The highest BCUT2D eigenvalue weighted by Crippen LogP contribution is 2.35. The molecule has 104 valence electrons. The van der Waals surface area contributed by atoms with Crippen LogP contribution in [0.15, 0.2) is 28.7 Å². The van der Waals surface area contributed by atoms with E-state index in [4.69, 9.17) is 4.74 Å². The normalized spacial score (nSPS) is 22.4. The Balaban J connectivity index is 1.72. The lowest BCUT2D eigenvalue weighted by Gasteiger charge is -2.38. The summed E-state index contributed by atoms with van der Waals surface area (Å²) in [5.74, 6) is 0.946. The number of nitrogens with one attached hydrogen (secondary N) is 1. The van der Waals surface area contributed by atoms with Crippen LogP contribution in [0.5, 0.6) is 0 Å². The summed E-state index contributed by atoms with van der Waals surface area (Å²) in [5, 5.41) is 3.70. The lowest BCUT2D eigenvalue weighted by molar-refractivity contribution is 0.0498. The van der Waals surface area contributed by atoms with Crippen LogP contribution in [-0.4, -0.2) is 26.3 Å². The van der Waals surface area contributed by atoms with Crippen molar-refractivity contribution in [2.24, 2.45) is 5.92 Å². The summed E-state index contributed by atoms with van der Waals surface area (Å²) in [4.78, 5) is 0. The molecule has 1 N–H and O–H groups in total. The van der Waals surface area contributed by atoms with Gasteiger partial charge in [-0.3, -0.25) is 0 Å². The highest BCUT2D eigenvalue weighted by Gasteiger charge is 2.34. The van der Waals surface area contributed by atoms with E-state index < -0.39 is 0 Å². The molecule has 1 aromatic rings. The molecule has 0 aromatic heterocycles. The van der Waals surface area contributed by atoms with Gasteiger partial charge in [-0.15, -0.1) is 0 Å². The quantitative estimate of drug-likeness (QED) is 0.895.